The Morgan fingerprint density at radius 2 is 1.75 bits per heavy atom. The largest absolute Gasteiger partial charge is 0.481 e. The summed E-state index contributed by atoms with van der Waals surface area (Å²) in [5.74, 6) is -0.746. The van der Waals surface area contributed by atoms with Crippen molar-refractivity contribution < 1.29 is 14.7 Å². The lowest BCUT2D eigenvalue weighted by atomic mass is 9.71. The van der Waals surface area contributed by atoms with E-state index in [1.165, 1.54) is 0 Å². The molecule has 0 aromatic heterocycles. The predicted octanol–water partition coefficient (Wildman–Crippen LogP) is 1.32. The summed E-state index contributed by atoms with van der Waals surface area (Å²) in [6, 6.07) is 0. The Bertz CT molecular complexity index is 202. The number of rotatable bonds is 3. The maximum Gasteiger partial charge on any atom is 0.306 e. The van der Waals surface area contributed by atoms with Gasteiger partial charge in [0, 0.05) is 11.8 Å². The standard InChI is InChI=1S/C9H14O3/c1-5(2)8(10)6-3-7(4-6)9(11)12/h5-7H,3-4H2,1-2H3,(H,11,12). The van der Waals surface area contributed by atoms with E-state index in [0.717, 1.165) is 0 Å². The van der Waals surface area contributed by atoms with Crippen molar-refractivity contribution in [2.45, 2.75) is 26.7 Å². The second kappa shape index (κ2) is 3.25. The van der Waals surface area contributed by atoms with E-state index in [2.05, 4.69) is 0 Å². The maximum absolute atomic E-state index is 11.3. The third-order valence-electron chi connectivity index (χ3n) is 2.46. The van der Waals surface area contributed by atoms with Gasteiger partial charge in [-0.2, -0.15) is 0 Å². The Balaban J connectivity index is 2.35. The van der Waals surface area contributed by atoms with Gasteiger partial charge in [-0.25, -0.2) is 0 Å². The quantitative estimate of drug-likeness (QED) is 0.695. The first-order chi connectivity index (χ1) is 5.52. The molecular weight excluding hydrogens is 156 g/mol. The molecule has 0 unspecified atom stereocenters. The van der Waals surface area contributed by atoms with Gasteiger partial charge in [-0.3, -0.25) is 9.59 Å². The summed E-state index contributed by atoms with van der Waals surface area (Å²) >= 11 is 0. The summed E-state index contributed by atoms with van der Waals surface area (Å²) in [5.41, 5.74) is 0. The molecule has 0 spiro atoms. The van der Waals surface area contributed by atoms with Crippen LogP contribution < -0.4 is 0 Å². The van der Waals surface area contributed by atoms with Crippen molar-refractivity contribution in [2.75, 3.05) is 0 Å². The van der Waals surface area contributed by atoms with Crippen molar-refractivity contribution in [2.24, 2.45) is 17.8 Å². The van der Waals surface area contributed by atoms with Gasteiger partial charge in [0.1, 0.15) is 5.78 Å². The van der Waals surface area contributed by atoms with E-state index in [9.17, 15) is 9.59 Å². The summed E-state index contributed by atoms with van der Waals surface area (Å²) in [7, 11) is 0. The molecule has 3 nitrogen and oxygen atoms in total. The molecule has 1 aliphatic carbocycles. The maximum atomic E-state index is 11.3. The number of hydrogen-bond donors (Lipinski definition) is 1. The number of carboxylic acid groups (broad SMARTS) is 1. The summed E-state index contributed by atoms with van der Waals surface area (Å²) in [4.78, 5) is 21.7. The van der Waals surface area contributed by atoms with Gasteiger partial charge >= 0.3 is 5.97 Å². The van der Waals surface area contributed by atoms with E-state index in [1.54, 1.807) is 0 Å². The van der Waals surface area contributed by atoms with Gasteiger partial charge in [-0.1, -0.05) is 13.8 Å². The van der Waals surface area contributed by atoms with Crippen LogP contribution in [0.4, 0.5) is 0 Å². The molecular formula is C9H14O3. The van der Waals surface area contributed by atoms with E-state index in [0.29, 0.717) is 12.8 Å². The van der Waals surface area contributed by atoms with Gasteiger partial charge in [-0.15, -0.1) is 0 Å². The van der Waals surface area contributed by atoms with Crippen molar-refractivity contribution in [3.63, 3.8) is 0 Å². The first-order valence-electron chi connectivity index (χ1n) is 4.29. The van der Waals surface area contributed by atoms with Crippen molar-refractivity contribution in [1.82, 2.24) is 0 Å². The van der Waals surface area contributed by atoms with Crippen LogP contribution in [0.15, 0.2) is 0 Å². The monoisotopic (exact) mass is 170 g/mol. The third-order valence-corrected chi connectivity index (χ3v) is 2.46. The molecule has 12 heavy (non-hydrogen) atoms. The molecule has 0 heterocycles. The Morgan fingerprint density at radius 3 is 2.08 bits per heavy atom. The van der Waals surface area contributed by atoms with Crippen LogP contribution >= 0.6 is 0 Å². The number of aliphatic carboxylic acids is 1. The van der Waals surface area contributed by atoms with E-state index in [4.69, 9.17) is 5.11 Å². The van der Waals surface area contributed by atoms with Crippen LogP contribution in [0.1, 0.15) is 26.7 Å². The van der Waals surface area contributed by atoms with Crippen LogP contribution in [0.2, 0.25) is 0 Å². The Kier molecular flexibility index (Phi) is 2.50. The highest BCUT2D eigenvalue weighted by Crippen LogP contribution is 2.35. The minimum Gasteiger partial charge on any atom is -0.481 e. The normalized spacial score (nSPS) is 28.2. The van der Waals surface area contributed by atoms with Crippen LogP contribution in [0, 0.1) is 17.8 Å². The van der Waals surface area contributed by atoms with Gasteiger partial charge in [0.25, 0.3) is 0 Å². The smallest absolute Gasteiger partial charge is 0.306 e. The van der Waals surface area contributed by atoms with E-state index in [-0.39, 0.29) is 23.5 Å². The highest BCUT2D eigenvalue weighted by molar-refractivity contribution is 5.85. The van der Waals surface area contributed by atoms with Crippen molar-refractivity contribution in [3.05, 3.63) is 0 Å². The lowest BCUT2D eigenvalue weighted by Gasteiger charge is -2.32. The second-order valence-corrected chi connectivity index (χ2v) is 3.76. The lowest BCUT2D eigenvalue weighted by molar-refractivity contribution is -0.148. The van der Waals surface area contributed by atoms with Crippen molar-refractivity contribution in [1.29, 1.82) is 0 Å². The fraction of sp³-hybridized carbons (Fsp3) is 0.778. The molecule has 1 N–H and O–H groups in total. The molecule has 0 atom stereocenters. The van der Waals surface area contributed by atoms with E-state index < -0.39 is 5.97 Å². The molecule has 1 rings (SSSR count). The van der Waals surface area contributed by atoms with Gasteiger partial charge in [0.15, 0.2) is 0 Å². The summed E-state index contributed by atoms with van der Waals surface area (Å²) in [6.07, 6.45) is 1.10. The Labute approximate surface area is 71.8 Å². The molecule has 0 radical (unpaired) electrons. The van der Waals surface area contributed by atoms with E-state index >= 15 is 0 Å². The highest BCUT2D eigenvalue weighted by atomic mass is 16.4. The molecule has 0 aromatic rings. The summed E-state index contributed by atoms with van der Waals surface area (Å²) < 4.78 is 0. The fourth-order valence-electron chi connectivity index (χ4n) is 1.52. The molecule has 68 valence electrons. The Hall–Kier alpha value is -0.860. The van der Waals surface area contributed by atoms with Gasteiger partial charge in [-0.05, 0) is 12.8 Å². The zero-order valence-corrected chi connectivity index (χ0v) is 7.41. The van der Waals surface area contributed by atoms with Crippen LogP contribution in [0.5, 0.6) is 0 Å². The minimum absolute atomic E-state index is 0.0195. The number of carbonyl (C=O) groups excluding carboxylic acids is 1. The number of carbonyl (C=O) groups is 2. The average Bonchev–Trinajstić information content (AvgIpc) is 1.82. The lowest BCUT2D eigenvalue weighted by Crippen LogP contribution is -2.36. The molecule has 1 aliphatic rings. The minimum atomic E-state index is -0.761. The molecule has 0 bridgehead atoms. The summed E-state index contributed by atoms with van der Waals surface area (Å²) in [5, 5.41) is 8.56. The average molecular weight is 170 g/mol. The number of hydrogen-bond acceptors (Lipinski definition) is 2. The van der Waals surface area contributed by atoms with Crippen LogP contribution in [-0.4, -0.2) is 16.9 Å². The number of carboxylic acids is 1. The molecule has 0 amide bonds. The first kappa shape index (κ1) is 9.23. The zero-order chi connectivity index (χ0) is 9.30. The van der Waals surface area contributed by atoms with E-state index in [1.807, 2.05) is 13.8 Å². The molecule has 0 saturated heterocycles. The molecule has 0 aromatic carbocycles. The van der Waals surface area contributed by atoms with Crippen molar-refractivity contribution in [3.8, 4) is 0 Å². The number of Topliss-reactive ketones (excluding diaryl/α,β-unsaturated/α-hetero) is 1. The van der Waals surface area contributed by atoms with Crippen LogP contribution in [-0.2, 0) is 9.59 Å². The fourth-order valence-corrected chi connectivity index (χ4v) is 1.52. The van der Waals surface area contributed by atoms with Gasteiger partial charge in [0.05, 0.1) is 5.92 Å². The van der Waals surface area contributed by atoms with Crippen molar-refractivity contribution >= 4 is 11.8 Å². The van der Waals surface area contributed by atoms with Gasteiger partial charge in [0.2, 0.25) is 0 Å². The second-order valence-electron chi connectivity index (χ2n) is 3.76. The molecule has 3 heteroatoms. The third kappa shape index (κ3) is 1.65. The van der Waals surface area contributed by atoms with Gasteiger partial charge < -0.3 is 5.11 Å². The van der Waals surface area contributed by atoms with Crippen LogP contribution in [0.3, 0.4) is 0 Å². The molecule has 1 fully saturated rings. The Morgan fingerprint density at radius 1 is 1.25 bits per heavy atom. The summed E-state index contributed by atoms with van der Waals surface area (Å²) in [6.45, 7) is 3.72. The number of ketones is 1. The SMILES string of the molecule is CC(C)C(=O)C1CC(C(=O)O)C1. The first-order valence-corrected chi connectivity index (χ1v) is 4.29. The molecule has 1 saturated carbocycles. The molecule has 0 aliphatic heterocycles. The zero-order valence-electron chi connectivity index (χ0n) is 7.41. The highest BCUT2D eigenvalue weighted by Gasteiger charge is 2.39. The topological polar surface area (TPSA) is 54.4 Å². The van der Waals surface area contributed by atoms with Crippen LogP contribution in [0.25, 0.3) is 0 Å². The predicted molar refractivity (Wildman–Crippen MR) is 43.7 cm³/mol.